The van der Waals surface area contributed by atoms with Crippen LogP contribution >= 0.6 is 0 Å². The number of aromatic hydroxyl groups is 1. The largest absolute Gasteiger partial charge is 0.508 e. The first-order valence-electron chi connectivity index (χ1n) is 12.3. The van der Waals surface area contributed by atoms with E-state index in [0.29, 0.717) is 5.69 Å². The summed E-state index contributed by atoms with van der Waals surface area (Å²) in [7, 11) is -4.19. The number of amides is 1. The van der Waals surface area contributed by atoms with Crippen molar-refractivity contribution in [2.75, 3.05) is 26.2 Å². The maximum atomic E-state index is 13.7. The lowest BCUT2D eigenvalue weighted by Crippen LogP contribution is -2.62. The van der Waals surface area contributed by atoms with E-state index in [2.05, 4.69) is 4.99 Å². The van der Waals surface area contributed by atoms with Crippen LogP contribution in [-0.2, 0) is 21.0 Å². The van der Waals surface area contributed by atoms with Crippen molar-refractivity contribution in [3.05, 3.63) is 54.1 Å². The van der Waals surface area contributed by atoms with Crippen LogP contribution in [0.25, 0.3) is 0 Å². The predicted molar refractivity (Wildman–Crippen MR) is 135 cm³/mol. The number of rotatable bonds is 7. The molecule has 2 fully saturated rings. The van der Waals surface area contributed by atoms with Gasteiger partial charge in [-0.3, -0.25) is 10.0 Å². The van der Waals surface area contributed by atoms with Crippen LogP contribution in [0, 0.1) is 0 Å². The van der Waals surface area contributed by atoms with Gasteiger partial charge in [0.2, 0.25) is 10.0 Å². The van der Waals surface area contributed by atoms with Crippen molar-refractivity contribution in [2.45, 2.75) is 42.7 Å². The van der Waals surface area contributed by atoms with Crippen LogP contribution in [0.1, 0.15) is 31.2 Å². The Kier molecular flexibility index (Phi) is 8.37. The molecule has 0 atom stereocenters. The van der Waals surface area contributed by atoms with Gasteiger partial charge in [-0.1, -0.05) is 0 Å². The lowest BCUT2D eigenvalue weighted by Gasteiger charge is -2.42. The summed E-state index contributed by atoms with van der Waals surface area (Å²) in [5, 5.41) is 18.8. The Bertz CT molecular complexity index is 1270. The number of phenols is 1. The predicted octanol–water partition coefficient (Wildman–Crippen LogP) is 3.28. The molecule has 2 aromatic carbocycles. The van der Waals surface area contributed by atoms with E-state index in [1.807, 2.05) is 0 Å². The van der Waals surface area contributed by atoms with Crippen LogP contribution < -0.4 is 10.2 Å². The normalized spacial score (nSPS) is 19.2. The number of ether oxygens (including phenoxy) is 1. The van der Waals surface area contributed by atoms with Crippen LogP contribution in [-0.4, -0.2) is 77.2 Å². The minimum absolute atomic E-state index is 0.0557. The molecule has 3 N–H and O–H groups in total. The Morgan fingerprint density at radius 2 is 1.62 bits per heavy atom. The molecule has 0 spiro atoms. The van der Waals surface area contributed by atoms with Gasteiger partial charge in [0.05, 0.1) is 17.6 Å². The number of benzene rings is 2. The fraction of sp³-hybridized carbons (Fsp3) is 0.440. The van der Waals surface area contributed by atoms with E-state index < -0.39 is 38.5 Å². The van der Waals surface area contributed by atoms with Crippen LogP contribution in [0.2, 0.25) is 0 Å². The second kappa shape index (κ2) is 11.4. The maximum absolute atomic E-state index is 13.7. The number of likely N-dealkylation sites (tertiary alicyclic amines) is 1. The summed E-state index contributed by atoms with van der Waals surface area (Å²) in [5.41, 5.74) is 1.33. The number of nitrogens with one attached hydrogen (secondary N) is 1. The minimum Gasteiger partial charge on any atom is -0.508 e. The van der Waals surface area contributed by atoms with Gasteiger partial charge in [-0.2, -0.15) is 13.2 Å². The quantitative estimate of drug-likeness (QED) is 0.202. The zero-order chi connectivity index (χ0) is 28.3. The van der Waals surface area contributed by atoms with Crippen molar-refractivity contribution in [1.82, 2.24) is 14.7 Å². The number of carbonyl (C=O) groups excluding carboxylic acids is 1. The Morgan fingerprint density at radius 1 is 1.03 bits per heavy atom. The van der Waals surface area contributed by atoms with E-state index in [1.54, 1.807) is 23.4 Å². The molecule has 4 rings (SSSR count). The van der Waals surface area contributed by atoms with Gasteiger partial charge < -0.3 is 14.7 Å². The number of hydroxylamine groups is 1. The van der Waals surface area contributed by atoms with Gasteiger partial charge in [0, 0.05) is 26.2 Å². The molecule has 1 amide bonds. The SMILES string of the molecule is O=C(NO)C1(S(=O)(=O)N2CCC(Oc3ccc(C(F)(F)F)cc3)CC2)CCN(/C=N/c2ccc(O)cc2)CC1. The van der Waals surface area contributed by atoms with E-state index >= 15 is 0 Å². The van der Waals surface area contributed by atoms with Crippen LogP contribution in [0.3, 0.4) is 0 Å². The molecule has 2 heterocycles. The molecule has 212 valence electrons. The highest BCUT2D eigenvalue weighted by molar-refractivity contribution is 7.91. The number of hydrogen-bond donors (Lipinski definition) is 3. The molecule has 2 aliphatic heterocycles. The van der Waals surface area contributed by atoms with E-state index in [1.165, 1.54) is 34.1 Å². The van der Waals surface area contributed by atoms with Gasteiger partial charge in [-0.05, 0) is 74.2 Å². The number of phenolic OH excluding ortho intramolecular Hbond substituents is 1. The Hall–Kier alpha value is -3.36. The molecule has 2 saturated heterocycles. The first-order valence-corrected chi connectivity index (χ1v) is 13.7. The van der Waals surface area contributed by atoms with E-state index in [9.17, 15) is 36.7 Å². The summed E-state index contributed by atoms with van der Waals surface area (Å²) in [6.07, 6.45) is -2.91. The fourth-order valence-corrected chi connectivity index (χ4v) is 6.91. The summed E-state index contributed by atoms with van der Waals surface area (Å²) in [6, 6.07) is 10.5. The molecule has 2 aliphatic rings. The molecular weight excluding hydrogens is 541 g/mol. The molecule has 0 bridgehead atoms. The number of carbonyl (C=O) groups is 1. The molecular formula is C25H29F3N4O6S. The maximum Gasteiger partial charge on any atom is 0.416 e. The first kappa shape index (κ1) is 28.6. The zero-order valence-corrected chi connectivity index (χ0v) is 21.7. The zero-order valence-electron chi connectivity index (χ0n) is 20.8. The number of nitrogens with zero attached hydrogens (tertiary/aromatic N) is 3. The number of aliphatic imine (C=N–C) groups is 1. The van der Waals surface area contributed by atoms with Crippen molar-refractivity contribution in [3.8, 4) is 11.5 Å². The van der Waals surface area contributed by atoms with Crippen molar-refractivity contribution in [3.63, 3.8) is 0 Å². The van der Waals surface area contributed by atoms with Gasteiger partial charge in [0.25, 0.3) is 5.91 Å². The number of halogens is 3. The first-order chi connectivity index (χ1) is 18.4. The number of piperidine rings is 2. The Balaban J connectivity index is 1.38. The lowest BCUT2D eigenvalue weighted by molar-refractivity contribution is -0.137. The van der Waals surface area contributed by atoms with Gasteiger partial charge in [0.15, 0.2) is 4.75 Å². The molecule has 39 heavy (non-hydrogen) atoms. The average Bonchev–Trinajstić information content (AvgIpc) is 2.92. The van der Waals surface area contributed by atoms with E-state index in [0.717, 1.165) is 12.1 Å². The topological polar surface area (TPSA) is 132 Å². The van der Waals surface area contributed by atoms with Gasteiger partial charge >= 0.3 is 6.18 Å². The Morgan fingerprint density at radius 3 is 2.15 bits per heavy atom. The molecule has 0 unspecified atom stereocenters. The summed E-state index contributed by atoms with van der Waals surface area (Å²) >= 11 is 0. The van der Waals surface area contributed by atoms with Gasteiger partial charge in [0.1, 0.15) is 17.6 Å². The Labute approximate surface area is 223 Å². The minimum atomic E-state index is -4.45. The number of sulfonamides is 1. The molecule has 0 aromatic heterocycles. The van der Waals surface area contributed by atoms with Crippen LogP contribution in [0.4, 0.5) is 18.9 Å². The lowest BCUT2D eigenvalue weighted by atomic mass is 9.95. The number of alkyl halides is 3. The van der Waals surface area contributed by atoms with E-state index in [4.69, 9.17) is 4.74 Å². The third-order valence-corrected chi connectivity index (χ3v) is 9.69. The van der Waals surface area contributed by atoms with Crippen molar-refractivity contribution in [1.29, 1.82) is 0 Å². The summed E-state index contributed by atoms with van der Waals surface area (Å²) in [4.78, 5) is 18.8. The highest BCUT2D eigenvalue weighted by Gasteiger charge is 2.55. The molecule has 10 nitrogen and oxygen atoms in total. The highest BCUT2D eigenvalue weighted by Crippen LogP contribution is 2.36. The second-order valence-electron chi connectivity index (χ2n) is 9.48. The van der Waals surface area contributed by atoms with Gasteiger partial charge in [-0.25, -0.2) is 23.2 Å². The molecule has 2 aromatic rings. The standard InChI is InChI=1S/C25H29F3N4O6S/c26-25(27,28)18-1-7-21(8-2-18)38-22-9-13-32(14-10-22)39(36,37)24(23(34)30-35)11-15-31(16-12-24)17-29-19-3-5-20(33)6-4-19/h1-8,17,22,33,35H,9-16H2,(H,30,34)/b29-17+. The molecule has 0 aliphatic carbocycles. The average molecular weight is 571 g/mol. The molecule has 0 radical (unpaired) electrons. The van der Waals surface area contributed by atoms with E-state index in [-0.39, 0.29) is 63.4 Å². The van der Waals surface area contributed by atoms with Crippen molar-refractivity contribution >= 4 is 28.0 Å². The second-order valence-corrected chi connectivity index (χ2v) is 11.7. The van der Waals surface area contributed by atoms with Crippen LogP contribution in [0.5, 0.6) is 11.5 Å². The van der Waals surface area contributed by atoms with Crippen LogP contribution in [0.15, 0.2) is 53.5 Å². The molecule has 0 saturated carbocycles. The third kappa shape index (κ3) is 6.28. The summed E-state index contributed by atoms with van der Waals surface area (Å²) in [5.74, 6) is -0.644. The smallest absolute Gasteiger partial charge is 0.416 e. The fourth-order valence-electron chi connectivity index (χ4n) is 4.74. The summed E-state index contributed by atoms with van der Waals surface area (Å²) in [6.45, 7) is 0.504. The monoisotopic (exact) mass is 570 g/mol. The summed E-state index contributed by atoms with van der Waals surface area (Å²) < 4.78 is 70.9. The third-order valence-electron chi connectivity index (χ3n) is 7.06. The number of hydrogen-bond acceptors (Lipinski definition) is 7. The van der Waals surface area contributed by atoms with Crippen molar-refractivity contribution < 1.29 is 41.4 Å². The molecule has 14 heteroatoms. The van der Waals surface area contributed by atoms with Crippen molar-refractivity contribution in [2.24, 2.45) is 4.99 Å². The van der Waals surface area contributed by atoms with Gasteiger partial charge in [-0.15, -0.1) is 0 Å². The highest BCUT2D eigenvalue weighted by atomic mass is 32.2.